The second-order valence-electron chi connectivity index (χ2n) is 9.02. The van der Waals surface area contributed by atoms with Crippen molar-refractivity contribution in [2.45, 2.75) is 84.8 Å². The lowest BCUT2D eigenvalue weighted by Gasteiger charge is -2.28. The summed E-state index contributed by atoms with van der Waals surface area (Å²) in [4.78, 5) is 11.8. The van der Waals surface area contributed by atoms with Crippen molar-refractivity contribution in [3.05, 3.63) is 65.2 Å². The first-order valence-corrected chi connectivity index (χ1v) is 12.5. The first kappa shape index (κ1) is 26.9. The molecule has 0 bridgehead atoms. The Kier molecular flexibility index (Phi) is 11.5. The van der Waals surface area contributed by atoms with Gasteiger partial charge in [0, 0.05) is 5.92 Å². The molecule has 182 valence electrons. The maximum absolute atomic E-state index is 11.8. The Morgan fingerprint density at radius 2 is 1.52 bits per heavy atom. The third kappa shape index (κ3) is 8.19. The molecule has 4 nitrogen and oxygen atoms in total. The quantitative estimate of drug-likeness (QED) is 0.216. The van der Waals surface area contributed by atoms with E-state index in [2.05, 4.69) is 46.8 Å². The molecule has 4 unspecified atom stereocenters. The van der Waals surface area contributed by atoms with Crippen LogP contribution in [0.3, 0.4) is 0 Å². The predicted octanol–water partition coefficient (Wildman–Crippen LogP) is 7.73. The molecule has 0 amide bonds. The van der Waals surface area contributed by atoms with Gasteiger partial charge in [-0.1, -0.05) is 78.1 Å². The van der Waals surface area contributed by atoms with Crippen LogP contribution in [0.25, 0.3) is 0 Å². The zero-order chi connectivity index (χ0) is 24.2. The number of rotatable bonds is 14. The maximum Gasteiger partial charge on any atom is 0.337 e. The van der Waals surface area contributed by atoms with Crippen LogP contribution >= 0.6 is 0 Å². The Bertz CT molecular complexity index is 813. The van der Waals surface area contributed by atoms with Gasteiger partial charge in [0.15, 0.2) is 0 Å². The van der Waals surface area contributed by atoms with E-state index in [0.717, 1.165) is 24.2 Å². The number of unbranched alkanes of at least 4 members (excludes halogenated alkanes) is 1. The summed E-state index contributed by atoms with van der Waals surface area (Å²) in [6, 6.07) is 15.9. The predicted molar refractivity (Wildman–Crippen MR) is 135 cm³/mol. The molecule has 0 fully saturated rings. The van der Waals surface area contributed by atoms with Gasteiger partial charge in [0.2, 0.25) is 6.29 Å². The number of carbonyl (C=O) groups is 1. The van der Waals surface area contributed by atoms with Crippen LogP contribution in [0.1, 0.15) is 100 Å². The second-order valence-corrected chi connectivity index (χ2v) is 9.02. The number of benzene rings is 2. The van der Waals surface area contributed by atoms with Crippen molar-refractivity contribution >= 4 is 5.97 Å². The number of hydrogen-bond acceptors (Lipinski definition) is 4. The number of hydrogen-bond donors (Lipinski definition) is 0. The number of ether oxygens (including phenoxy) is 3. The largest absolute Gasteiger partial charge is 0.465 e. The van der Waals surface area contributed by atoms with Crippen molar-refractivity contribution in [3.63, 3.8) is 0 Å². The third-order valence-corrected chi connectivity index (χ3v) is 6.62. The normalized spacial score (nSPS) is 14.8. The summed E-state index contributed by atoms with van der Waals surface area (Å²) in [7, 11) is 1.39. The molecule has 4 heteroatoms. The van der Waals surface area contributed by atoms with Crippen LogP contribution in [-0.4, -0.2) is 26.0 Å². The van der Waals surface area contributed by atoms with Crippen LogP contribution in [0.4, 0.5) is 0 Å². The maximum atomic E-state index is 11.8. The minimum Gasteiger partial charge on any atom is -0.465 e. The summed E-state index contributed by atoms with van der Waals surface area (Å²) in [5.41, 5.74) is 2.92. The van der Waals surface area contributed by atoms with Crippen molar-refractivity contribution in [3.8, 4) is 5.75 Å². The first-order chi connectivity index (χ1) is 15.9. The molecule has 0 saturated carbocycles. The van der Waals surface area contributed by atoms with E-state index in [4.69, 9.17) is 14.2 Å². The molecule has 0 aromatic heterocycles. The van der Waals surface area contributed by atoms with Crippen molar-refractivity contribution in [2.75, 3.05) is 13.7 Å². The topological polar surface area (TPSA) is 44.8 Å². The third-order valence-electron chi connectivity index (χ3n) is 6.62. The van der Waals surface area contributed by atoms with E-state index in [1.54, 1.807) is 12.1 Å². The average Bonchev–Trinajstić information content (AvgIpc) is 2.87. The minimum absolute atomic E-state index is 0.00498. The number of methoxy groups -OCH3 is 1. The fourth-order valence-electron chi connectivity index (χ4n) is 3.85. The Hall–Kier alpha value is -2.33. The van der Waals surface area contributed by atoms with Crippen LogP contribution in [-0.2, 0) is 9.47 Å². The molecule has 2 rings (SSSR count). The smallest absolute Gasteiger partial charge is 0.337 e. The van der Waals surface area contributed by atoms with Crippen LogP contribution in [0, 0.1) is 5.92 Å². The zero-order valence-electron chi connectivity index (χ0n) is 21.3. The van der Waals surface area contributed by atoms with Crippen LogP contribution < -0.4 is 4.74 Å². The lowest BCUT2D eigenvalue weighted by Crippen LogP contribution is -2.29. The Morgan fingerprint density at radius 1 is 0.879 bits per heavy atom. The summed E-state index contributed by atoms with van der Waals surface area (Å²) < 4.78 is 17.6. The van der Waals surface area contributed by atoms with Crippen LogP contribution in [0.15, 0.2) is 48.5 Å². The van der Waals surface area contributed by atoms with Gasteiger partial charge in [-0.3, -0.25) is 0 Å². The van der Waals surface area contributed by atoms with Gasteiger partial charge in [0.25, 0.3) is 0 Å². The molecule has 0 aliphatic carbocycles. The van der Waals surface area contributed by atoms with Crippen LogP contribution in [0.2, 0.25) is 0 Å². The van der Waals surface area contributed by atoms with Crippen molar-refractivity contribution in [2.24, 2.45) is 5.92 Å². The van der Waals surface area contributed by atoms with E-state index in [1.165, 1.54) is 31.9 Å². The van der Waals surface area contributed by atoms with E-state index in [-0.39, 0.29) is 11.9 Å². The first-order valence-electron chi connectivity index (χ1n) is 12.5. The Labute approximate surface area is 200 Å². The molecule has 2 aromatic carbocycles. The molecular formula is C29H42O4. The summed E-state index contributed by atoms with van der Waals surface area (Å²) in [5, 5.41) is 0. The van der Waals surface area contributed by atoms with Gasteiger partial charge in [0.05, 0.1) is 19.3 Å². The molecule has 0 heterocycles. The fourth-order valence-corrected chi connectivity index (χ4v) is 3.85. The standard InChI is InChI=1S/C29H42O4/c1-7-10-11-23(9-3)20-32-29(33-27-18-16-24(17-19-27)21(4)8-2)22(5)25-12-14-26(15-13-25)28(30)31-6/h12-19,21-23,29H,7-11,20H2,1-6H3. The van der Waals surface area contributed by atoms with Crippen LogP contribution in [0.5, 0.6) is 5.75 Å². The van der Waals surface area contributed by atoms with Crippen molar-refractivity contribution in [1.29, 1.82) is 0 Å². The highest BCUT2D eigenvalue weighted by Crippen LogP contribution is 2.28. The molecule has 0 saturated heterocycles. The summed E-state index contributed by atoms with van der Waals surface area (Å²) in [6.45, 7) is 11.7. The van der Waals surface area contributed by atoms with Gasteiger partial charge in [0.1, 0.15) is 5.75 Å². The highest BCUT2D eigenvalue weighted by molar-refractivity contribution is 5.89. The molecule has 4 atom stereocenters. The van der Waals surface area contributed by atoms with Gasteiger partial charge < -0.3 is 14.2 Å². The fraction of sp³-hybridized carbons (Fsp3) is 0.552. The minimum atomic E-state index is -0.417. The van der Waals surface area contributed by atoms with E-state index in [1.807, 2.05) is 24.3 Å². The van der Waals surface area contributed by atoms with E-state index < -0.39 is 6.29 Å². The van der Waals surface area contributed by atoms with E-state index in [0.29, 0.717) is 24.0 Å². The highest BCUT2D eigenvalue weighted by atomic mass is 16.7. The van der Waals surface area contributed by atoms with Gasteiger partial charge >= 0.3 is 5.97 Å². The summed E-state index contributed by atoms with van der Waals surface area (Å²) in [5.74, 6) is 1.53. The SMILES string of the molecule is CCCCC(CC)COC(Oc1ccc(C(C)CC)cc1)C(C)c1ccc(C(=O)OC)cc1. The number of carbonyl (C=O) groups excluding carboxylic acids is 1. The van der Waals surface area contributed by atoms with Gasteiger partial charge in [-0.05, 0) is 60.1 Å². The summed E-state index contributed by atoms with van der Waals surface area (Å²) in [6.07, 6.45) is 5.38. The highest BCUT2D eigenvalue weighted by Gasteiger charge is 2.24. The molecule has 33 heavy (non-hydrogen) atoms. The zero-order valence-corrected chi connectivity index (χ0v) is 21.3. The van der Waals surface area contributed by atoms with Crippen molar-refractivity contribution < 1.29 is 19.0 Å². The second kappa shape index (κ2) is 14.0. The molecule has 0 N–H and O–H groups in total. The molecule has 0 spiro atoms. The van der Waals surface area contributed by atoms with Gasteiger partial charge in [-0.25, -0.2) is 4.79 Å². The molecule has 0 radical (unpaired) electrons. The summed E-state index contributed by atoms with van der Waals surface area (Å²) >= 11 is 0. The van der Waals surface area contributed by atoms with E-state index in [9.17, 15) is 4.79 Å². The molecule has 0 aliphatic heterocycles. The lowest BCUT2D eigenvalue weighted by atomic mass is 9.98. The van der Waals surface area contributed by atoms with Crippen molar-refractivity contribution in [1.82, 2.24) is 0 Å². The Morgan fingerprint density at radius 3 is 2.06 bits per heavy atom. The van der Waals surface area contributed by atoms with E-state index >= 15 is 0 Å². The van der Waals surface area contributed by atoms with Gasteiger partial charge in [-0.2, -0.15) is 0 Å². The lowest BCUT2D eigenvalue weighted by molar-refractivity contribution is -0.105. The number of esters is 1. The van der Waals surface area contributed by atoms with Gasteiger partial charge in [-0.15, -0.1) is 0 Å². The molecule has 0 aliphatic rings. The molecule has 2 aromatic rings. The average molecular weight is 455 g/mol. The Balaban J connectivity index is 2.18. The monoisotopic (exact) mass is 454 g/mol. The molecular weight excluding hydrogens is 412 g/mol.